The molecule has 2 fully saturated rings. The molecule has 0 spiro atoms. The Labute approximate surface area is 254 Å². The summed E-state index contributed by atoms with van der Waals surface area (Å²) in [4.78, 5) is 4.87. The molecule has 0 bridgehead atoms. The molecule has 7 heteroatoms. The summed E-state index contributed by atoms with van der Waals surface area (Å²) in [6.07, 6.45) is 5.17. The van der Waals surface area contributed by atoms with Crippen molar-refractivity contribution in [2.75, 3.05) is 25.6 Å². The summed E-state index contributed by atoms with van der Waals surface area (Å²) < 4.78 is 31.2. The first-order chi connectivity index (χ1) is 20.2. The van der Waals surface area contributed by atoms with E-state index in [2.05, 4.69) is 80.6 Å². The number of halogens is 2. The van der Waals surface area contributed by atoms with Gasteiger partial charge in [0.15, 0.2) is 0 Å². The van der Waals surface area contributed by atoms with Crippen molar-refractivity contribution >= 4 is 17.1 Å². The van der Waals surface area contributed by atoms with E-state index in [1.54, 1.807) is 0 Å². The molecule has 3 atom stereocenters. The van der Waals surface area contributed by atoms with Crippen LogP contribution in [0.25, 0.3) is 0 Å². The number of aliphatic imine (C=N–C) groups is 1. The van der Waals surface area contributed by atoms with Crippen LogP contribution in [-0.2, 0) is 17.6 Å². The Morgan fingerprint density at radius 3 is 2.33 bits per heavy atom. The minimum absolute atomic E-state index is 0.422. The van der Waals surface area contributed by atoms with Crippen molar-refractivity contribution in [2.24, 2.45) is 28.7 Å². The molecule has 2 aromatic rings. The number of aryl methyl sites for hydroxylation is 1. The smallest absolute Gasteiger partial charge is 0.276 e. The molecule has 0 radical (unpaired) electrons. The van der Waals surface area contributed by atoms with E-state index in [-0.39, 0.29) is 0 Å². The maximum absolute atomic E-state index is 13.1. The molecule has 3 aliphatic rings. The van der Waals surface area contributed by atoms with Gasteiger partial charge in [-0.15, -0.1) is 5.73 Å². The quantitative estimate of drug-likeness (QED) is 0.271. The Bertz CT molecular complexity index is 1140. The third-order valence-corrected chi connectivity index (χ3v) is 7.78. The largest absolute Gasteiger partial charge is 0.388 e. The van der Waals surface area contributed by atoms with Gasteiger partial charge in [0.1, 0.15) is 5.69 Å². The summed E-state index contributed by atoms with van der Waals surface area (Å²) in [5, 5.41) is 11.0. The number of rotatable bonds is 5. The van der Waals surface area contributed by atoms with Crippen LogP contribution in [0.5, 0.6) is 0 Å². The van der Waals surface area contributed by atoms with Crippen LogP contribution in [0.4, 0.5) is 20.2 Å². The van der Waals surface area contributed by atoms with Crippen LogP contribution in [0.15, 0.2) is 41.6 Å². The summed E-state index contributed by atoms with van der Waals surface area (Å²) in [5.74, 6) is -0.745. The number of benzene rings is 1. The number of aromatic amines is 1. The lowest BCUT2D eigenvalue weighted by Gasteiger charge is -2.27. The molecule has 42 heavy (non-hydrogen) atoms. The first-order valence-corrected chi connectivity index (χ1v) is 15.9. The normalized spacial score (nSPS) is 20.6. The molecule has 5 nitrogen and oxygen atoms in total. The highest BCUT2D eigenvalue weighted by atomic mass is 19.3. The molecule has 236 valence electrons. The second-order valence-electron chi connectivity index (χ2n) is 10.7. The van der Waals surface area contributed by atoms with Crippen LogP contribution in [0, 0.1) is 30.6 Å². The van der Waals surface area contributed by atoms with Crippen molar-refractivity contribution in [3.8, 4) is 0 Å². The van der Waals surface area contributed by atoms with E-state index < -0.39 is 11.8 Å². The van der Waals surface area contributed by atoms with Crippen LogP contribution < -0.4 is 5.32 Å². The standard InChI is InChI=1S/C19H24N4.C9H12F2O.C3H8.2C2H6/c1-10-5-6-13(20-4)7-17(10)21-12(3)19-16-8-14-11(2)15(14)9-18(16)22-23-19;1-2-5-9(10,11)8-3-6-12-7-4-8;1-3-2;2*1-2/h5-7,11,14-15,20H,8-9H2,1-4H3,(H,22,23);5,8H,1,3-4,6-7H2;3H2,1-2H3;2*1-2H3. The first-order valence-electron chi connectivity index (χ1n) is 15.9. The van der Waals surface area contributed by atoms with Gasteiger partial charge in [-0.05, 0) is 75.0 Å². The number of hydrogen-bond donors (Lipinski definition) is 2. The highest BCUT2D eigenvalue weighted by Crippen LogP contribution is 2.53. The van der Waals surface area contributed by atoms with Gasteiger partial charge in [0, 0.05) is 49.2 Å². The van der Waals surface area contributed by atoms with Gasteiger partial charge in [-0.2, -0.15) is 5.10 Å². The summed E-state index contributed by atoms with van der Waals surface area (Å²) >= 11 is 0. The Balaban J connectivity index is 0.000000393. The fourth-order valence-corrected chi connectivity index (χ4v) is 5.33. The monoisotopic (exact) mass is 586 g/mol. The fourth-order valence-electron chi connectivity index (χ4n) is 5.33. The van der Waals surface area contributed by atoms with Crippen LogP contribution in [-0.4, -0.2) is 42.1 Å². The molecule has 0 amide bonds. The zero-order valence-corrected chi connectivity index (χ0v) is 27.8. The Kier molecular flexibility index (Phi) is 16.6. The number of nitrogens with zero attached hydrogens (tertiary/aromatic N) is 2. The third kappa shape index (κ3) is 10.2. The number of hydrogen-bond acceptors (Lipinski definition) is 4. The number of allylic oxidation sites excluding steroid dienone is 1. The van der Waals surface area contributed by atoms with Gasteiger partial charge < -0.3 is 10.1 Å². The van der Waals surface area contributed by atoms with Crippen molar-refractivity contribution in [1.82, 2.24) is 10.2 Å². The maximum Gasteiger partial charge on any atom is 0.276 e. The number of aromatic nitrogens is 2. The van der Waals surface area contributed by atoms with Crippen LogP contribution in [0.1, 0.15) is 97.2 Å². The SMILES string of the molecule is C=C=CC(F)(F)C1CCOCC1.CC.CC.CCC.CNc1ccc(C)c(N=C(C)c2n[nH]c3c2CC2C(C)C2C3)c1. The molecular weight excluding hydrogens is 530 g/mol. The lowest BCUT2D eigenvalue weighted by Crippen LogP contribution is -2.31. The molecule has 2 heterocycles. The summed E-state index contributed by atoms with van der Waals surface area (Å²) in [6.45, 7) is 22.8. The Morgan fingerprint density at radius 1 is 1.17 bits per heavy atom. The molecule has 2 N–H and O–H groups in total. The van der Waals surface area contributed by atoms with Gasteiger partial charge in [-0.3, -0.25) is 10.1 Å². The molecule has 2 aliphatic carbocycles. The van der Waals surface area contributed by atoms with E-state index in [9.17, 15) is 8.78 Å². The van der Waals surface area contributed by atoms with Gasteiger partial charge in [-0.1, -0.05) is 67.5 Å². The minimum atomic E-state index is -2.76. The van der Waals surface area contributed by atoms with E-state index in [4.69, 9.17) is 9.73 Å². The third-order valence-electron chi connectivity index (χ3n) is 7.78. The molecule has 1 saturated heterocycles. The van der Waals surface area contributed by atoms with Gasteiger partial charge in [0.05, 0.1) is 11.4 Å². The Morgan fingerprint density at radius 2 is 1.76 bits per heavy atom. The van der Waals surface area contributed by atoms with Crippen LogP contribution >= 0.6 is 0 Å². The average Bonchev–Trinajstić information content (AvgIpc) is 3.43. The van der Waals surface area contributed by atoms with Crippen LogP contribution in [0.3, 0.4) is 0 Å². The highest BCUT2D eigenvalue weighted by molar-refractivity contribution is 6.00. The maximum atomic E-state index is 13.1. The van der Waals surface area contributed by atoms with Crippen molar-refractivity contribution in [1.29, 1.82) is 0 Å². The second kappa shape index (κ2) is 18.7. The fraction of sp³-hybridized carbons (Fsp3) is 0.629. The number of alkyl halides is 2. The number of anilines is 1. The number of H-pyrrole nitrogens is 1. The zero-order chi connectivity index (χ0) is 31.9. The predicted octanol–water partition coefficient (Wildman–Crippen LogP) is 9.74. The van der Waals surface area contributed by atoms with E-state index >= 15 is 0 Å². The minimum Gasteiger partial charge on any atom is -0.388 e. The van der Waals surface area contributed by atoms with E-state index in [0.717, 1.165) is 59.5 Å². The van der Waals surface area contributed by atoms with Gasteiger partial charge in [0.25, 0.3) is 5.92 Å². The summed E-state index contributed by atoms with van der Waals surface area (Å²) in [7, 11) is 1.93. The molecule has 1 aromatic carbocycles. The van der Waals surface area contributed by atoms with Crippen molar-refractivity contribution in [3.05, 3.63) is 59.1 Å². The lowest BCUT2D eigenvalue weighted by atomic mass is 9.93. The predicted molar refractivity (Wildman–Crippen MR) is 176 cm³/mol. The van der Waals surface area contributed by atoms with Gasteiger partial charge in [0.2, 0.25) is 0 Å². The van der Waals surface area contributed by atoms with Crippen LogP contribution in [0.2, 0.25) is 0 Å². The molecule has 1 aliphatic heterocycles. The van der Waals surface area contributed by atoms with E-state index in [1.165, 1.54) is 23.2 Å². The summed E-state index contributed by atoms with van der Waals surface area (Å²) in [6, 6.07) is 6.28. The van der Waals surface area contributed by atoms with Crippen molar-refractivity contribution in [2.45, 2.75) is 100 Å². The first kappa shape index (κ1) is 37.3. The van der Waals surface area contributed by atoms with E-state index in [1.807, 2.05) is 34.7 Å². The second-order valence-corrected chi connectivity index (χ2v) is 10.7. The van der Waals surface area contributed by atoms with Crippen molar-refractivity contribution < 1.29 is 13.5 Å². The number of fused-ring (bicyclic) bond motifs is 2. The topological polar surface area (TPSA) is 62.3 Å². The van der Waals surface area contributed by atoms with Gasteiger partial charge >= 0.3 is 0 Å². The highest BCUT2D eigenvalue weighted by Gasteiger charge is 2.50. The number of ether oxygens (including phenoxy) is 1. The molecule has 3 unspecified atom stereocenters. The molecule has 1 aromatic heterocycles. The lowest BCUT2D eigenvalue weighted by molar-refractivity contribution is -0.0599. The molecular formula is C35H56F2N4O. The van der Waals surface area contributed by atoms with Crippen molar-refractivity contribution in [3.63, 3.8) is 0 Å². The average molecular weight is 587 g/mol. The molecule has 5 rings (SSSR count). The molecule has 1 saturated carbocycles. The summed E-state index contributed by atoms with van der Waals surface area (Å²) in [5.41, 5.74) is 10.2. The number of nitrogens with one attached hydrogen (secondary N) is 2. The zero-order valence-electron chi connectivity index (χ0n) is 27.8. The van der Waals surface area contributed by atoms with E-state index in [0.29, 0.717) is 26.1 Å². The van der Waals surface area contributed by atoms with Gasteiger partial charge in [-0.25, -0.2) is 8.78 Å². The Hall–Kier alpha value is -2.76.